The molecular weight excluding hydrogens is 511 g/mol. The normalized spacial score (nSPS) is 11.0. The van der Waals surface area contributed by atoms with Gasteiger partial charge in [-0.15, -0.1) is 0 Å². The van der Waals surface area contributed by atoms with Crippen molar-refractivity contribution in [1.82, 2.24) is 5.32 Å². The van der Waals surface area contributed by atoms with Crippen LogP contribution in [-0.2, 0) is 14.8 Å². The zero-order valence-corrected chi connectivity index (χ0v) is 22.6. The molecule has 3 aromatic carbocycles. The average molecular weight is 541 g/mol. The van der Waals surface area contributed by atoms with Crippen LogP contribution in [0.5, 0.6) is 0 Å². The fraction of sp³-hybridized carbons (Fsp3) is 0.214. The Kier molecular flexibility index (Phi) is 9.03. The highest BCUT2D eigenvalue weighted by Gasteiger charge is 2.26. The first-order valence-corrected chi connectivity index (χ1v) is 13.5. The first-order valence-electron chi connectivity index (χ1n) is 11.6. The number of ether oxygens (including phenoxy) is 1. The third-order valence-electron chi connectivity index (χ3n) is 5.66. The molecule has 0 aliphatic rings. The van der Waals surface area contributed by atoms with Crippen molar-refractivity contribution in [3.8, 4) is 22.5 Å². The molecule has 1 aromatic heterocycles. The molecule has 0 saturated heterocycles. The maximum absolute atomic E-state index is 13.5. The summed E-state index contributed by atoms with van der Waals surface area (Å²) in [6, 6.07) is 15.5. The number of sulfonamides is 1. The van der Waals surface area contributed by atoms with Crippen molar-refractivity contribution < 1.29 is 31.6 Å². The topological polar surface area (TPSA) is 106 Å². The predicted octanol–water partition coefficient (Wildman–Crippen LogP) is 5.13. The number of fused-ring (bicyclic) bond motifs is 1. The van der Waals surface area contributed by atoms with Crippen molar-refractivity contribution >= 4 is 38.9 Å². The van der Waals surface area contributed by atoms with Crippen LogP contribution < -0.4 is 9.62 Å². The summed E-state index contributed by atoms with van der Waals surface area (Å²) in [6.45, 7) is 1.86. The fourth-order valence-electron chi connectivity index (χ4n) is 4.09. The van der Waals surface area contributed by atoms with E-state index in [4.69, 9.17) is 4.42 Å². The molecule has 8 nitrogen and oxygen atoms in total. The van der Waals surface area contributed by atoms with E-state index < -0.39 is 21.7 Å². The van der Waals surface area contributed by atoms with E-state index in [1.54, 1.807) is 57.5 Å². The molecule has 38 heavy (non-hydrogen) atoms. The number of furan rings is 1. The Morgan fingerprint density at radius 2 is 1.74 bits per heavy atom. The molecule has 1 N–H and O–H groups in total. The molecule has 1 heterocycles. The lowest BCUT2D eigenvalue weighted by molar-refractivity contribution is 0.0964. The van der Waals surface area contributed by atoms with E-state index in [0.29, 0.717) is 39.6 Å². The standard InChI is InChI=1S/C26H23FN2O5S.C2H6O/c1-4-29(35(3,32)33)22-14-23-21(13-20(22)18-7-5-6-16(12-18)15-30)24(26(31)28-2)25(34-23)17-8-10-19(27)11-9-17;1-3-2/h5-15H,4H2,1-3H3,(H,28,31);1-2H3. The number of amides is 1. The van der Waals surface area contributed by atoms with Crippen LogP contribution in [0.4, 0.5) is 10.1 Å². The molecule has 0 aliphatic carbocycles. The quantitative estimate of drug-likeness (QED) is 0.326. The molecule has 0 saturated carbocycles. The molecule has 1 amide bonds. The van der Waals surface area contributed by atoms with Crippen molar-refractivity contribution in [2.75, 3.05) is 38.4 Å². The Hall–Kier alpha value is -4.02. The minimum absolute atomic E-state index is 0.151. The number of carbonyl (C=O) groups excluding carboxylic acids is 2. The second-order valence-corrected chi connectivity index (χ2v) is 10.2. The van der Waals surface area contributed by atoms with Gasteiger partial charge < -0.3 is 14.5 Å². The lowest BCUT2D eigenvalue weighted by Gasteiger charge is -2.23. The predicted molar refractivity (Wildman–Crippen MR) is 147 cm³/mol. The first kappa shape index (κ1) is 28.5. The average Bonchev–Trinajstić information content (AvgIpc) is 3.26. The molecule has 0 unspecified atom stereocenters. The van der Waals surface area contributed by atoms with Gasteiger partial charge in [0.15, 0.2) is 0 Å². The third kappa shape index (κ3) is 5.92. The number of hydrogen-bond donors (Lipinski definition) is 1. The van der Waals surface area contributed by atoms with Gasteiger partial charge in [0.05, 0.1) is 17.5 Å². The highest BCUT2D eigenvalue weighted by molar-refractivity contribution is 7.92. The van der Waals surface area contributed by atoms with Crippen molar-refractivity contribution in [2.24, 2.45) is 0 Å². The van der Waals surface area contributed by atoms with Crippen LogP contribution in [0.2, 0.25) is 0 Å². The minimum atomic E-state index is -3.66. The van der Waals surface area contributed by atoms with E-state index in [2.05, 4.69) is 10.1 Å². The zero-order valence-electron chi connectivity index (χ0n) is 21.7. The van der Waals surface area contributed by atoms with Crippen LogP contribution in [0.1, 0.15) is 27.6 Å². The van der Waals surface area contributed by atoms with E-state index in [0.717, 1.165) is 6.26 Å². The summed E-state index contributed by atoms with van der Waals surface area (Å²) >= 11 is 0. The van der Waals surface area contributed by atoms with Gasteiger partial charge in [-0.05, 0) is 48.9 Å². The maximum Gasteiger partial charge on any atom is 0.255 e. The van der Waals surface area contributed by atoms with Crippen molar-refractivity contribution in [1.29, 1.82) is 0 Å². The van der Waals surface area contributed by atoms with Crippen LogP contribution in [-0.4, -0.2) is 54.7 Å². The number of hydrogen-bond acceptors (Lipinski definition) is 6. The summed E-state index contributed by atoms with van der Waals surface area (Å²) in [6.07, 6.45) is 1.81. The summed E-state index contributed by atoms with van der Waals surface area (Å²) in [5.41, 5.74) is 2.87. The number of methoxy groups -OCH3 is 1. The molecular formula is C28H29FN2O6S. The van der Waals surface area contributed by atoms with Crippen molar-refractivity contribution in [3.05, 3.63) is 77.6 Å². The van der Waals surface area contributed by atoms with Crippen molar-refractivity contribution in [3.63, 3.8) is 0 Å². The van der Waals surface area contributed by atoms with Crippen LogP contribution in [0.25, 0.3) is 33.4 Å². The summed E-state index contributed by atoms with van der Waals surface area (Å²) < 4.78 is 50.3. The van der Waals surface area contributed by atoms with Gasteiger partial charge >= 0.3 is 0 Å². The first-order chi connectivity index (χ1) is 18.1. The van der Waals surface area contributed by atoms with Gasteiger partial charge in [-0.3, -0.25) is 13.9 Å². The summed E-state index contributed by atoms with van der Waals surface area (Å²) in [4.78, 5) is 24.3. The van der Waals surface area contributed by atoms with Crippen LogP contribution in [0.15, 0.2) is 65.1 Å². The van der Waals surface area contributed by atoms with E-state index in [1.165, 1.54) is 35.6 Å². The third-order valence-corrected chi connectivity index (χ3v) is 6.91. The largest absolute Gasteiger partial charge is 0.455 e. The second-order valence-electron chi connectivity index (χ2n) is 8.34. The summed E-state index contributed by atoms with van der Waals surface area (Å²) in [5, 5.41) is 3.05. The monoisotopic (exact) mass is 540 g/mol. The van der Waals surface area contributed by atoms with Crippen molar-refractivity contribution in [2.45, 2.75) is 6.92 Å². The maximum atomic E-state index is 13.5. The minimum Gasteiger partial charge on any atom is -0.455 e. The number of anilines is 1. The molecule has 4 aromatic rings. The van der Waals surface area contributed by atoms with E-state index in [-0.39, 0.29) is 23.5 Å². The number of aldehydes is 1. The van der Waals surface area contributed by atoms with Gasteiger partial charge in [0.1, 0.15) is 23.4 Å². The molecule has 0 radical (unpaired) electrons. The lowest BCUT2D eigenvalue weighted by atomic mass is 9.97. The number of nitrogens with one attached hydrogen (secondary N) is 1. The molecule has 4 rings (SSSR count). The van der Waals surface area contributed by atoms with E-state index >= 15 is 0 Å². The summed E-state index contributed by atoms with van der Waals surface area (Å²) in [7, 11) is 1.07. The van der Waals surface area contributed by atoms with Gasteiger partial charge in [0.25, 0.3) is 5.91 Å². The zero-order chi connectivity index (χ0) is 28.0. The smallest absolute Gasteiger partial charge is 0.255 e. The Balaban J connectivity index is 0.00000127. The van der Waals surface area contributed by atoms with Gasteiger partial charge in [0, 0.05) is 56.0 Å². The molecule has 0 bridgehead atoms. The number of carbonyl (C=O) groups is 2. The van der Waals surface area contributed by atoms with Gasteiger partial charge in [0.2, 0.25) is 10.0 Å². The van der Waals surface area contributed by atoms with E-state index in [9.17, 15) is 22.4 Å². The Bertz CT molecular complexity index is 1560. The molecule has 10 heteroatoms. The SMILES string of the molecule is CCN(c1cc2oc(-c3ccc(F)cc3)c(C(=O)NC)c2cc1-c1cccc(C=O)c1)S(C)(=O)=O.COC. The van der Waals surface area contributed by atoms with Crippen LogP contribution in [0, 0.1) is 5.82 Å². The van der Waals surface area contributed by atoms with Gasteiger partial charge in [-0.25, -0.2) is 12.8 Å². The van der Waals surface area contributed by atoms with Gasteiger partial charge in [-0.2, -0.15) is 0 Å². The molecule has 200 valence electrons. The van der Waals surface area contributed by atoms with Crippen LogP contribution >= 0.6 is 0 Å². The highest BCUT2D eigenvalue weighted by atomic mass is 32.2. The summed E-state index contributed by atoms with van der Waals surface area (Å²) in [5.74, 6) is -0.622. The van der Waals surface area contributed by atoms with E-state index in [1.807, 2.05) is 0 Å². The number of halogens is 1. The molecule has 0 atom stereocenters. The molecule has 0 spiro atoms. The Morgan fingerprint density at radius 1 is 1.08 bits per heavy atom. The fourth-order valence-corrected chi connectivity index (χ4v) is 5.07. The molecule has 0 aliphatic heterocycles. The lowest BCUT2D eigenvalue weighted by Crippen LogP contribution is -2.29. The second kappa shape index (κ2) is 12.0. The number of rotatable bonds is 7. The number of benzene rings is 3. The number of nitrogens with zero attached hydrogens (tertiary/aromatic N) is 1. The molecule has 0 fully saturated rings. The van der Waals surface area contributed by atoms with Gasteiger partial charge in [-0.1, -0.05) is 18.2 Å². The Labute approximate surface area is 221 Å². The highest BCUT2D eigenvalue weighted by Crippen LogP contribution is 2.41. The Morgan fingerprint density at radius 3 is 2.29 bits per heavy atom. The van der Waals surface area contributed by atoms with Crippen LogP contribution in [0.3, 0.4) is 0 Å².